The molecular weight excluding hydrogens is 288 g/mol. The number of carbonyl (C=O) groups excluding carboxylic acids is 1. The molecule has 0 unspecified atom stereocenters. The fourth-order valence-electron chi connectivity index (χ4n) is 3.60. The Labute approximate surface area is 138 Å². The van der Waals surface area contributed by atoms with Gasteiger partial charge in [-0.1, -0.05) is 25.5 Å². The maximum Gasteiger partial charge on any atom is 0.226 e. The topological polar surface area (TPSA) is 49.3 Å². The van der Waals surface area contributed by atoms with E-state index >= 15 is 0 Å². The Bertz CT molecular complexity index is 599. The van der Waals surface area contributed by atoms with E-state index in [0.717, 1.165) is 32.1 Å². The first-order valence-corrected chi connectivity index (χ1v) is 8.37. The Morgan fingerprint density at radius 1 is 1.17 bits per heavy atom. The largest absolute Gasteiger partial charge is 0.339 e. The third kappa shape index (κ3) is 3.09. The van der Waals surface area contributed by atoms with E-state index in [1.54, 1.807) is 12.4 Å². The molecule has 2 fully saturated rings. The van der Waals surface area contributed by atoms with Gasteiger partial charge in [-0.05, 0) is 31.2 Å². The minimum Gasteiger partial charge on any atom is -0.339 e. The fourth-order valence-corrected chi connectivity index (χ4v) is 3.60. The summed E-state index contributed by atoms with van der Waals surface area (Å²) in [5, 5.41) is 0. The number of aromatic nitrogens is 2. The molecule has 0 N–H and O–H groups in total. The van der Waals surface area contributed by atoms with E-state index in [1.807, 2.05) is 11.0 Å². The van der Waals surface area contributed by atoms with Gasteiger partial charge in [0.05, 0.1) is 5.92 Å². The van der Waals surface area contributed by atoms with Crippen molar-refractivity contribution in [1.82, 2.24) is 14.9 Å². The van der Waals surface area contributed by atoms with Crippen LogP contribution in [-0.4, -0.2) is 47.0 Å². The Kier molecular flexibility index (Phi) is 4.13. The zero-order chi connectivity index (χ0) is 16.6. The van der Waals surface area contributed by atoms with Crippen LogP contribution in [0.4, 0.5) is 5.95 Å². The van der Waals surface area contributed by atoms with Gasteiger partial charge in [0.15, 0.2) is 0 Å². The molecule has 5 heteroatoms. The highest BCUT2D eigenvalue weighted by molar-refractivity contribution is 5.84. The smallest absolute Gasteiger partial charge is 0.226 e. The predicted octanol–water partition coefficient (Wildman–Crippen LogP) is 2.36. The van der Waals surface area contributed by atoms with Crippen molar-refractivity contribution in [2.24, 2.45) is 17.3 Å². The number of nitrogens with zero attached hydrogens (tertiary/aromatic N) is 4. The van der Waals surface area contributed by atoms with Gasteiger partial charge >= 0.3 is 0 Å². The summed E-state index contributed by atoms with van der Waals surface area (Å²) in [5.74, 6) is 1.59. The summed E-state index contributed by atoms with van der Waals surface area (Å²) in [5.41, 5.74) is 1.39. The Morgan fingerprint density at radius 3 is 2.35 bits per heavy atom. The van der Waals surface area contributed by atoms with Gasteiger partial charge in [-0.15, -0.1) is 0 Å². The van der Waals surface area contributed by atoms with Crippen molar-refractivity contribution < 1.29 is 4.79 Å². The first-order chi connectivity index (χ1) is 10.9. The van der Waals surface area contributed by atoms with Crippen LogP contribution in [-0.2, 0) is 4.79 Å². The first-order valence-electron chi connectivity index (χ1n) is 8.37. The fraction of sp³-hybridized carbons (Fsp3) is 0.611. The first kappa shape index (κ1) is 16.0. The van der Waals surface area contributed by atoms with Gasteiger partial charge < -0.3 is 9.80 Å². The molecule has 5 nitrogen and oxygen atoms in total. The quantitative estimate of drug-likeness (QED) is 0.804. The molecule has 23 heavy (non-hydrogen) atoms. The number of amides is 1. The maximum absolute atomic E-state index is 12.9. The van der Waals surface area contributed by atoms with E-state index in [4.69, 9.17) is 0 Å². The van der Waals surface area contributed by atoms with E-state index < -0.39 is 0 Å². The van der Waals surface area contributed by atoms with E-state index in [0.29, 0.717) is 11.8 Å². The van der Waals surface area contributed by atoms with E-state index in [1.165, 1.54) is 5.57 Å². The number of allylic oxidation sites excluding steroid dienone is 2. The van der Waals surface area contributed by atoms with Crippen molar-refractivity contribution in [3.05, 3.63) is 30.1 Å². The zero-order valence-electron chi connectivity index (χ0n) is 14.5. The van der Waals surface area contributed by atoms with Crippen LogP contribution in [0.5, 0.6) is 0 Å². The van der Waals surface area contributed by atoms with Gasteiger partial charge in [-0.2, -0.15) is 0 Å². The molecule has 0 spiro atoms. The summed E-state index contributed by atoms with van der Waals surface area (Å²) < 4.78 is 0. The number of anilines is 1. The summed E-state index contributed by atoms with van der Waals surface area (Å²) in [6.07, 6.45) is 5.78. The van der Waals surface area contributed by atoms with Crippen LogP contribution in [0.3, 0.4) is 0 Å². The zero-order valence-corrected chi connectivity index (χ0v) is 14.5. The molecule has 1 aliphatic carbocycles. The molecule has 124 valence electrons. The number of rotatable bonds is 3. The summed E-state index contributed by atoms with van der Waals surface area (Å²) >= 11 is 0. The molecule has 1 aromatic heterocycles. The van der Waals surface area contributed by atoms with Crippen molar-refractivity contribution in [2.45, 2.75) is 27.7 Å². The van der Waals surface area contributed by atoms with Crippen molar-refractivity contribution in [3.8, 4) is 0 Å². The van der Waals surface area contributed by atoms with Crippen LogP contribution in [0.2, 0.25) is 0 Å². The lowest BCUT2D eigenvalue weighted by atomic mass is 10.1. The van der Waals surface area contributed by atoms with Crippen molar-refractivity contribution in [1.29, 1.82) is 0 Å². The number of hydrogen-bond donors (Lipinski definition) is 0. The summed E-state index contributed by atoms with van der Waals surface area (Å²) in [4.78, 5) is 25.6. The molecule has 1 saturated heterocycles. The molecule has 3 rings (SSSR count). The normalized spacial score (nSPS) is 25.9. The predicted molar refractivity (Wildman–Crippen MR) is 91.0 cm³/mol. The molecular formula is C18H26N4O. The van der Waals surface area contributed by atoms with Crippen LogP contribution in [0.25, 0.3) is 0 Å². The van der Waals surface area contributed by atoms with E-state index in [-0.39, 0.29) is 11.3 Å². The van der Waals surface area contributed by atoms with Crippen molar-refractivity contribution in [3.63, 3.8) is 0 Å². The lowest BCUT2D eigenvalue weighted by Crippen LogP contribution is -2.50. The standard InChI is InChI=1S/C18H26N4O/c1-13(2)12-14-15(18(14,3)4)16(23)21-8-10-22(11-9-21)17-19-6-5-7-20-17/h5-7,12,14-15H,8-11H2,1-4H3/t14-,15-/m0/s1. The third-order valence-corrected chi connectivity index (χ3v) is 5.12. The average molecular weight is 314 g/mol. The molecule has 1 saturated carbocycles. The highest BCUT2D eigenvalue weighted by atomic mass is 16.2. The monoisotopic (exact) mass is 314 g/mol. The lowest BCUT2D eigenvalue weighted by molar-refractivity contribution is -0.133. The second-order valence-electron chi connectivity index (χ2n) is 7.43. The van der Waals surface area contributed by atoms with Gasteiger partial charge in [-0.3, -0.25) is 4.79 Å². The molecule has 2 heterocycles. The van der Waals surface area contributed by atoms with Crippen LogP contribution >= 0.6 is 0 Å². The van der Waals surface area contributed by atoms with Crippen LogP contribution in [0.1, 0.15) is 27.7 Å². The van der Waals surface area contributed by atoms with E-state index in [9.17, 15) is 4.79 Å². The van der Waals surface area contributed by atoms with Gasteiger partial charge in [0.2, 0.25) is 11.9 Å². The lowest BCUT2D eigenvalue weighted by Gasteiger charge is -2.35. The van der Waals surface area contributed by atoms with Gasteiger partial charge in [0.1, 0.15) is 0 Å². The van der Waals surface area contributed by atoms with Crippen LogP contribution < -0.4 is 4.90 Å². The van der Waals surface area contributed by atoms with Crippen LogP contribution in [0.15, 0.2) is 30.1 Å². The second-order valence-corrected chi connectivity index (χ2v) is 7.43. The highest BCUT2D eigenvalue weighted by Gasteiger charge is 2.61. The minimum absolute atomic E-state index is 0.0913. The Hall–Kier alpha value is -1.91. The van der Waals surface area contributed by atoms with Crippen molar-refractivity contribution >= 4 is 11.9 Å². The molecule has 1 amide bonds. The number of hydrogen-bond acceptors (Lipinski definition) is 4. The molecule has 1 aliphatic heterocycles. The van der Waals surface area contributed by atoms with Gasteiger partial charge in [0, 0.05) is 38.6 Å². The van der Waals surface area contributed by atoms with E-state index in [2.05, 4.69) is 48.6 Å². The van der Waals surface area contributed by atoms with Gasteiger partial charge in [0.25, 0.3) is 0 Å². The molecule has 0 aromatic carbocycles. The minimum atomic E-state index is 0.0913. The maximum atomic E-state index is 12.9. The second kappa shape index (κ2) is 5.95. The molecule has 0 bridgehead atoms. The summed E-state index contributed by atoms with van der Waals surface area (Å²) in [6.45, 7) is 11.7. The van der Waals surface area contributed by atoms with Crippen LogP contribution in [0, 0.1) is 17.3 Å². The molecule has 0 radical (unpaired) electrons. The SMILES string of the molecule is CC(C)=C[C@H]1[C@@H](C(=O)N2CCN(c3ncccn3)CC2)C1(C)C. The third-order valence-electron chi connectivity index (χ3n) is 5.12. The Balaban J connectivity index is 1.60. The Morgan fingerprint density at radius 2 is 1.78 bits per heavy atom. The molecule has 1 aromatic rings. The molecule has 2 aliphatic rings. The summed E-state index contributed by atoms with van der Waals surface area (Å²) in [6, 6.07) is 1.82. The molecule has 2 atom stereocenters. The summed E-state index contributed by atoms with van der Waals surface area (Å²) in [7, 11) is 0. The highest BCUT2D eigenvalue weighted by Crippen LogP contribution is 2.60. The average Bonchev–Trinajstić information content (AvgIpc) is 3.07. The number of carbonyl (C=O) groups is 1. The van der Waals surface area contributed by atoms with Gasteiger partial charge in [-0.25, -0.2) is 9.97 Å². The van der Waals surface area contributed by atoms with Crippen molar-refractivity contribution in [2.75, 3.05) is 31.1 Å². The number of piperazine rings is 1.